The average Bonchev–Trinajstić information content (AvgIpc) is 3.15. The van der Waals surface area contributed by atoms with Crippen molar-refractivity contribution in [3.8, 4) is 0 Å². The highest BCUT2D eigenvalue weighted by Gasteiger charge is 2.21. The van der Waals surface area contributed by atoms with Gasteiger partial charge in [0.15, 0.2) is 0 Å². The van der Waals surface area contributed by atoms with Gasteiger partial charge in [-0.1, -0.05) is 15.9 Å². The maximum atomic E-state index is 13.4. The van der Waals surface area contributed by atoms with Crippen molar-refractivity contribution in [2.24, 2.45) is 5.92 Å². The Balaban J connectivity index is 1.70. The lowest BCUT2D eigenvalue weighted by Gasteiger charge is -2.07. The second-order valence-electron chi connectivity index (χ2n) is 4.59. The monoisotopic (exact) mass is 314 g/mol. The molecular formula is C13H16BrFN2O. The van der Waals surface area contributed by atoms with Crippen LogP contribution in [0.25, 0.3) is 0 Å². The number of benzene rings is 1. The molecule has 1 aliphatic carbocycles. The summed E-state index contributed by atoms with van der Waals surface area (Å²) in [5, 5.41) is 5.79. The van der Waals surface area contributed by atoms with Crippen molar-refractivity contribution in [3.05, 3.63) is 34.1 Å². The molecule has 1 amide bonds. The van der Waals surface area contributed by atoms with E-state index in [-0.39, 0.29) is 18.3 Å². The molecule has 0 bridgehead atoms. The topological polar surface area (TPSA) is 41.1 Å². The van der Waals surface area contributed by atoms with E-state index in [4.69, 9.17) is 0 Å². The summed E-state index contributed by atoms with van der Waals surface area (Å²) in [4.78, 5) is 11.4. The third-order valence-electron chi connectivity index (χ3n) is 2.89. The standard InChI is InChI=1S/C13H16BrFN2O/c14-11-3-4-12(15)10(5-11)7-16-8-13(18)17-6-9-1-2-9/h3-5,9,16H,1-2,6-8H2,(H,17,18). The lowest BCUT2D eigenvalue weighted by molar-refractivity contribution is -0.120. The summed E-state index contributed by atoms with van der Waals surface area (Å²) in [6.45, 7) is 1.34. The second-order valence-corrected chi connectivity index (χ2v) is 5.50. The van der Waals surface area contributed by atoms with Crippen molar-refractivity contribution in [1.29, 1.82) is 0 Å². The SMILES string of the molecule is O=C(CNCc1cc(Br)ccc1F)NCC1CC1. The van der Waals surface area contributed by atoms with E-state index in [0.717, 1.165) is 11.0 Å². The van der Waals surface area contributed by atoms with Crippen molar-refractivity contribution in [2.75, 3.05) is 13.1 Å². The van der Waals surface area contributed by atoms with E-state index < -0.39 is 0 Å². The number of hydrogen-bond acceptors (Lipinski definition) is 2. The first kappa shape index (κ1) is 13.5. The minimum Gasteiger partial charge on any atom is -0.355 e. The molecule has 1 aromatic carbocycles. The van der Waals surface area contributed by atoms with Crippen LogP contribution in [0.2, 0.25) is 0 Å². The van der Waals surface area contributed by atoms with Crippen LogP contribution in [0, 0.1) is 11.7 Å². The highest BCUT2D eigenvalue weighted by atomic mass is 79.9. The molecule has 18 heavy (non-hydrogen) atoms. The third kappa shape index (κ3) is 4.38. The molecule has 0 unspecified atom stereocenters. The largest absolute Gasteiger partial charge is 0.355 e. The van der Waals surface area contributed by atoms with Crippen LogP contribution < -0.4 is 10.6 Å². The molecule has 2 rings (SSSR count). The molecule has 2 N–H and O–H groups in total. The van der Waals surface area contributed by atoms with Gasteiger partial charge in [-0.15, -0.1) is 0 Å². The second kappa shape index (κ2) is 6.29. The Bertz CT molecular complexity index is 435. The Labute approximate surface area is 114 Å². The highest BCUT2D eigenvalue weighted by molar-refractivity contribution is 9.10. The molecule has 3 nitrogen and oxygen atoms in total. The Morgan fingerprint density at radius 3 is 2.94 bits per heavy atom. The Morgan fingerprint density at radius 2 is 2.22 bits per heavy atom. The molecule has 1 aliphatic rings. The normalized spacial score (nSPS) is 14.6. The molecule has 0 radical (unpaired) electrons. The maximum Gasteiger partial charge on any atom is 0.233 e. The van der Waals surface area contributed by atoms with Crippen LogP contribution in [0.3, 0.4) is 0 Å². The summed E-state index contributed by atoms with van der Waals surface area (Å²) in [6, 6.07) is 4.78. The van der Waals surface area contributed by atoms with E-state index in [2.05, 4.69) is 26.6 Å². The van der Waals surface area contributed by atoms with Crippen LogP contribution in [-0.2, 0) is 11.3 Å². The fraction of sp³-hybridized carbons (Fsp3) is 0.462. The lowest BCUT2D eigenvalue weighted by Crippen LogP contribution is -2.34. The van der Waals surface area contributed by atoms with E-state index in [9.17, 15) is 9.18 Å². The molecule has 0 atom stereocenters. The number of carbonyl (C=O) groups excluding carboxylic acids is 1. The molecule has 0 heterocycles. The maximum absolute atomic E-state index is 13.4. The van der Waals surface area contributed by atoms with Gasteiger partial charge in [-0.05, 0) is 37.0 Å². The molecule has 0 spiro atoms. The zero-order valence-electron chi connectivity index (χ0n) is 10.0. The summed E-state index contributed by atoms with van der Waals surface area (Å²) in [7, 11) is 0. The average molecular weight is 315 g/mol. The molecule has 1 saturated carbocycles. The summed E-state index contributed by atoms with van der Waals surface area (Å²) in [5.74, 6) is 0.387. The zero-order chi connectivity index (χ0) is 13.0. The molecule has 5 heteroatoms. The van der Waals surface area contributed by atoms with Gasteiger partial charge < -0.3 is 10.6 Å². The number of amides is 1. The smallest absolute Gasteiger partial charge is 0.233 e. The first-order valence-corrected chi connectivity index (χ1v) is 6.86. The van der Waals surface area contributed by atoms with Gasteiger partial charge in [0.05, 0.1) is 6.54 Å². The molecule has 98 valence electrons. The summed E-state index contributed by atoms with van der Waals surface area (Å²) in [5.41, 5.74) is 0.555. The third-order valence-corrected chi connectivity index (χ3v) is 3.39. The number of nitrogens with one attached hydrogen (secondary N) is 2. The number of halogens is 2. The number of carbonyl (C=O) groups is 1. The molecule has 1 aromatic rings. The van der Waals surface area contributed by atoms with E-state index in [1.165, 1.54) is 18.9 Å². The summed E-state index contributed by atoms with van der Waals surface area (Å²) >= 11 is 3.29. The van der Waals surface area contributed by atoms with Gasteiger partial charge in [0, 0.05) is 23.1 Å². The van der Waals surface area contributed by atoms with Gasteiger partial charge in [-0.3, -0.25) is 4.79 Å². The van der Waals surface area contributed by atoms with Crippen molar-refractivity contribution >= 4 is 21.8 Å². The number of hydrogen-bond donors (Lipinski definition) is 2. The van der Waals surface area contributed by atoms with Crippen molar-refractivity contribution < 1.29 is 9.18 Å². The van der Waals surface area contributed by atoms with Crippen molar-refractivity contribution in [3.63, 3.8) is 0 Å². The van der Waals surface area contributed by atoms with E-state index in [0.29, 0.717) is 18.0 Å². The van der Waals surface area contributed by atoms with Crippen molar-refractivity contribution in [2.45, 2.75) is 19.4 Å². The molecular weight excluding hydrogens is 299 g/mol. The van der Waals surface area contributed by atoms with Crippen LogP contribution in [0.1, 0.15) is 18.4 Å². The lowest BCUT2D eigenvalue weighted by atomic mass is 10.2. The molecule has 0 saturated heterocycles. The minimum atomic E-state index is -0.260. The molecule has 1 fully saturated rings. The highest BCUT2D eigenvalue weighted by Crippen LogP contribution is 2.27. The van der Waals surface area contributed by atoms with Crippen molar-refractivity contribution in [1.82, 2.24) is 10.6 Å². The number of rotatable bonds is 6. The van der Waals surface area contributed by atoms with Crippen LogP contribution in [0.15, 0.2) is 22.7 Å². The zero-order valence-corrected chi connectivity index (χ0v) is 11.6. The quantitative estimate of drug-likeness (QED) is 0.845. The van der Waals surface area contributed by atoms with Crippen LogP contribution in [-0.4, -0.2) is 19.0 Å². The van der Waals surface area contributed by atoms with Gasteiger partial charge in [-0.25, -0.2) is 4.39 Å². The van der Waals surface area contributed by atoms with Gasteiger partial charge in [0.25, 0.3) is 0 Å². The molecule has 0 aromatic heterocycles. The van der Waals surface area contributed by atoms with Gasteiger partial charge in [0.1, 0.15) is 5.82 Å². The van der Waals surface area contributed by atoms with Crippen LogP contribution >= 0.6 is 15.9 Å². The van der Waals surface area contributed by atoms with Crippen LogP contribution in [0.5, 0.6) is 0 Å². The van der Waals surface area contributed by atoms with Gasteiger partial charge in [0.2, 0.25) is 5.91 Å². The predicted molar refractivity (Wildman–Crippen MR) is 71.5 cm³/mol. The van der Waals surface area contributed by atoms with E-state index in [1.807, 2.05) is 0 Å². The first-order valence-electron chi connectivity index (χ1n) is 6.06. The fourth-order valence-electron chi connectivity index (χ4n) is 1.63. The van der Waals surface area contributed by atoms with E-state index in [1.54, 1.807) is 12.1 Å². The Hall–Kier alpha value is -0.940. The summed E-state index contributed by atoms with van der Waals surface area (Å²) in [6.07, 6.45) is 2.44. The first-order chi connectivity index (χ1) is 8.65. The Kier molecular flexibility index (Phi) is 4.72. The van der Waals surface area contributed by atoms with Gasteiger partial charge >= 0.3 is 0 Å². The fourth-order valence-corrected chi connectivity index (χ4v) is 2.04. The summed E-state index contributed by atoms with van der Waals surface area (Å²) < 4.78 is 14.2. The predicted octanol–water partition coefficient (Wildman–Crippen LogP) is 2.20. The van der Waals surface area contributed by atoms with Crippen LogP contribution in [0.4, 0.5) is 4.39 Å². The van der Waals surface area contributed by atoms with Gasteiger partial charge in [-0.2, -0.15) is 0 Å². The minimum absolute atomic E-state index is 0.0303. The molecule has 0 aliphatic heterocycles. The Morgan fingerprint density at radius 1 is 1.44 bits per heavy atom. The van der Waals surface area contributed by atoms with E-state index >= 15 is 0 Å².